The van der Waals surface area contributed by atoms with E-state index in [1.807, 2.05) is 19.1 Å². The Hall–Kier alpha value is -0.850. The average molecular weight is 272 g/mol. The van der Waals surface area contributed by atoms with Crippen LogP contribution in [0, 0.1) is 0 Å². The Morgan fingerprint density at radius 2 is 2.22 bits per heavy atom. The van der Waals surface area contributed by atoms with Gasteiger partial charge in [-0.3, -0.25) is 0 Å². The molecule has 1 aromatic rings. The van der Waals surface area contributed by atoms with Crippen molar-refractivity contribution >= 4 is 10.0 Å². The van der Waals surface area contributed by atoms with Crippen LogP contribution in [0.2, 0.25) is 0 Å². The van der Waals surface area contributed by atoms with Crippen LogP contribution in [0.15, 0.2) is 22.8 Å². The number of furan rings is 1. The molecule has 2 rings (SSSR count). The maximum absolute atomic E-state index is 12.2. The summed E-state index contributed by atoms with van der Waals surface area (Å²) in [6.07, 6.45) is 3.55. The first-order valence-corrected chi connectivity index (χ1v) is 7.87. The number of rotatable bonds is 5. The predicted octanol–water partition coefficient (Wildman–Crippen LogP) is 0.882. The smallest absolute Gasteiger partial charge is 0.214 e. The first-order valence-electron chi connectivity index (χ1n) is 6.32. The largest absolute Gasteiger partial charge is 0.469 e. The van der Waals surface area contributed by atoms with Crippen molar-refractivity contribution in [3.05, 3.63) is 24.2 Å². The second-order valence-corrected chi connectivity index (χ2v) is 6.79. The summed E-state index contributed by atoms with van der Waals surface area (Å²) in [6, 6.07) is 3.52. The van der Waals surface area contributed by atoms with E-state index in [0.717, 1.165) is 18.8 Å². The van der Waals surface area contributed by atoms with Gasteiger partial charge in [-0.2, -0.15) is 0 Å². The molecule has 0 radical (unpaired) electrons. The number of piperidine rings is 1. The van der Waals surface area contributed by atoms with Gasteiger partial charge in [-0.25, -0.2) is 13.1 Å². The minimum atomic E-state index is -3.22. The number of hydrogen-bond acceptors (Lipinski definition) is 4. The highest BCUT2D eigenvalue weighted by molar-refractivity contribution is 7.90. The zero-order valence-corrected chi connectivity index (χ0v) is 11.4. The molecule has 0 aliphatic carbocycles. The zero-order valence-electron chi connectivity index (χ0n) is 10.6. The Labute approximate surface area is 108 Å². The van der Waals surface area contributed by atoms with Crippen molar-refractivity contribution in [2.75, 3.05) is 13.1 Å². The number of nitrogens with one attached hydrogen (secondary N) is 2. The van der Waals surface area contributed by atoms with E-state index in [0.29, 0.717) is 19.3 Å². The van der Waals surface area contributed by atoms with Crippen LogP contribution in [-0.4, -0.2) is 32.8 Å². The lowest BCUT2D eigenvalue weighted by molar-refractivity contribution is 0.464. The van der Waals surface area contributed by atoms with Gasteiger partial charge in [-0.05, 0) is 45.0 Å². The van der Waals surface area contributed by atoms with Crippen LogP contribution in [0.3, 0.4) is 0 Å². The summed E-state index contributed by atoms with van der Waals surface area (Å²) < 4.78 is 32.3. The molecule has 0 saturated carbocycles. The topological polar surface area (TPSA) is 71.3 Å². The highest BCUT2D eigenvalue weighted by Crippen LogP contribution is 2.13. The fraction of sp³-hybridized carbons (Fsp3) is 0.667. The minimum Gasteiger partial charge on any atom is -0.469 e. The second-order valence-electron chi connectivity index (χ2n) is 4.80. The second kappa shape index (κ2) is 5.86. The van der Waals surface area contributed by atoms with Crippen LogP contribution in [0.25, 0.3) is 0 Å². The predicted molar refractivity (Wildman–Crippen MR) is 69.8 cm³/mol. The van der Waals surface area contributed by atoms with E-state index < -0.39 is 10.0 Å². The standard InChI is InChI=1S/C12H20N2O3S/c1-10(9-11-3-2-8-17-11)14-18(15,16)12-4-6-13-7-5-12/h2-3,8,10,12-14H,4-7,9H2,1H3. The van der Waals surface area contributed by atoms with E-state index in [4.69, 9.17) is 4.42 Å². The molecule has 2 heterocycles. The summed E-state index contributed by atoms with van der Waals surface area (Å²) in [5.41, 5.74) is 0. The summed E-state index contributed by atoms with van der Waals surface area (Å²) in [5, 5.41) is 2.90. The zero-order chi connectivity index (χ0) is 13.0. The molecule has 18 heavy (non-hydrogen) atoms. The molecule has 1 aliphatic heterocycles. The summed E-state index contributed by atoms with van der Waals surface area (Å²) in [6.45, 7) is 3.41. The van der Waals surface area contributed by atoms with Gasteiger partial charge in [0.05, 0.1) is 11.5 Å². The minimum absolute atomic E-state index is 0.143. The van der Waals surface area contributed by atoms with E-state index in [-0.39, 0.29) is 11.3 Å². The third-order valence-electron chi connectivity index (χ3n) is 3.18. The fourth-order valence-electron chi connectivity index (χ4n) is 2.25. The van der Waals surface area contributed by atoms with Crippen LogP contribution < -0.4 is 10.0 Å². The van der Waals surface area contributed by atoms with Crippen molar-refractivity contribution in [3.63, 3.8) is 0 Å². The maximum atomic E-state index is 12.2. The average Bonchev–Trinajstić information content (AvgIpc) is 2.82. The van der Waals surface area contributed by atoms with Gasteiger partial charge in [0.25, 0.3) is 0 Å². The van der Waals surface area contributed by atoms with Crippen LogP contribution >= 0.6 is 0 Å². The van der Waals surface area contributed by atoms with Gasteiger partial charge in [0.15, 0.2) is 0 Å². The lowest BCUT2D eigenvalue weighted by Gasteiger charge is -2.24. The lowest BCUT2D eigenvalue weighted by atomic mass is 10.2. The molecule has 0 amide bonds. The molecule has 1 aliphatic rings. The Morgan fingerprint density at radius 1 is 1.50 bits per heavy atom. The van der Waals surface area contributed by atoms with Crippen molar-refractivity contribution in [2.24, 2.45) is 0 Å². The quantitative estimate of drug-likeness (QED) is 0.835. The molecule has 1 atom stereocenters. The monoisotopic (exact) mass is 272 g/mol. The number of hydrogen-bond donors (Lipinski definition) is 2. The molecule has 1 unspecified atom stereocenters. The van der Waals surface area contributed by atoms with Crippen molar-refractivity contribution in [1.29, 1.82) is 0 Å². The van der Waals surface area contributed by atoms with E-state index in [2.05, 4.69) is 10.0 Å². The van der Waals surface area contributed by atoms with Crippen LogP contribution in [0.5, 0.6) is 0 Å². The Morgan fingerprint density at radius 3 is 2.83 bits per heavy atom. The van der Waals surface area contributed by atoms with E-state index in [1.165, 1.54) is 0 Å². The molecule has 5 nitrogen and oxygen atoms in total. The molecule has 1 aromatic heterocycles. The Kier molecular flexibility index (Phi) is 4.42. The van der Waals surface area contributed by atoms with Gasteiger partial charge in [0, 0.05) is 12.5 Å². The van der Waals surface area contributed by atoms with Crippen LogP contribution in [0.4, 0.5) is 0 Å². The molecule has 0 aromatic carbocycles. The van der Waals surface area contributed by atoms with Crippen LogP contribution in [0.1, 0.15) is 25.5 Å². The summed E-state index contributed by atoms with van der Waals surface area (Å²) in [7, 11) is -3.22. The SMILES string of the molecule is CC(Cc1ccco1)NS(=O)(=O)C1CCNCC1. The lowest BCUT2D eigenvalue weighted by Crippen LogP contribution is -2.45. The van der Waals surface area contributed by atoms with E-state index >= 15 is 0 Å². The maximum Gasteiger partial charge on any atom is 0.214 e. The molecule has 102 valence electrons. The van der Waals surface area contributed by atoms with Crippen molar-refractivity contribution < 1.29 is 12.8 Å². The first-order chi connectivity index (χ1) is 8.58. The molecular weight excluding hydrogens is 252 g/mol. The van der Waals surface area contributed by atoms with Crippen molar-refractivity contribution in [2.45, 2.75) is 37.5 Å². The Balaban J connectivity index is 1.90. The van der Waals surface area contributed by atoms with Gasteiger partial charge in [0.1, 0.15) is 5.76 Å². The molecule has 0 bridgehead atoms. The summed E-state index contributed by atoms with van der Waals surface area (Å²) >= 11 is 0. The van der Waals surface area contributed by atoms with Crippen LogP contribution in [-0.2, 0) is 16.4 Å². The third kappa shape index (κ3) is 3.57. The Bertz CT molecular complexity index is 450. The highest BCUT2D eigenvalue weighted by atomic mass is 32.2. The molecule has 1 saturated heterocycles. The normalized spacial score (nSPS) is 19.8. The molecule has 2 N–H and O–H groups in total. The third-order valence-corrected chi connectivity index (χ3v) is 5.26. The fourth-order valence-corrected chi connectivity index (χ4v) is 3.95. The summed E-state index contributed by atoms with van der Waals surface area (Å²) in [4.78, 5) is 0. The highest BCUT2D eigenvalue weighted by Gasteiger charge is 2.28. The van der Waals surface area contributed by atoms with E-state index in [9.17, 15) is 8.42 Å². The van der Waals surface area contributed by atoms with Gasteiger partial charge >= 0.3 is 0 Å². The van der Waals surface area contributed by atoms with Gasteiger partial charge in [-0.1, -0.05) is 0 Å². The van der Waals surface area contributed by atoms with Crippen molar-refractivity contribution in [1.82, 2.24) is 10.0 Å². The van der Waals surface area contributed by atoms with Gasteiger partial charge < -0.3 is 9.73 Å². The van der Waals surface area contributed by atoms with Gasteiger partial charge in [0.2, 0.25) is 10.0 Å². The first kappa shape index (κ1) is 13.6. The van der Waals surface area contributed by atoms with E-state index in [1.54, 1.807) is 6.26 Å². The molecule has 6 heteroatoms. The molecular formula is C12H20N2O3S. The van der Waals surface area contributed by atoms with Crippen molar-refractivity contribution in [3.8, 4) is 0 Å². The molecule has 1 fully saturated rings. The summed E-state index contributed by atoms with van der Waals surface area (Å²) in [5.74, 6) is 0.801. The number of sulfonamides is 1. The molecule has 0 spiro atoms. The van der Waals surface area contributed by atoms with Gasteiger partial charge in [-0.15, -0.1) is 0 Å².